The van der Waals surface area contributed by atoms with E-state index in [2.05, 4.69) is 25.5 Å². The lowest BCUT2D eigenvalue weighted by atomic mass is 9.97. The van der Waals surface area contributed by atoms with Crippen molar-refractivity contribution in [1.29, 1.82) is 0 Å². The molecule has 2 heterocycles. The van der Waals surface area contributed by atoms with Gasteiger partial charge >= 0.3 is 0 Å². The fourth-order valence-electron chi connectivity index (χ4n) is 5.35. The van der Waals surface area contributed by atoms with Crippen LogP contribution >= 0.6 is 11.6 Å². The van der Waals surface area contributed by atoms with Gasteiger partial charge in [-0.1, -0.05) is 23.7 Å². The summed E-state index contributed by atoms with van der Waals surface area (Å²) in [6.45, 7) is 3.40. The molecule has 3 aromatic rings. The molecule has 2 aliphatic rings. The second-order valence-corrected chi connectivity index (χ2v) is 12.6. The Kier molecular flexibility index (Phi) is 8.77. The average molecular weight is 587 g/mol. The molecule has 1 unspecified atom stereocenters. The van der Waals surface area contributed by atoms with E-state index in [4.69, 9.17) is 21.1 Å². The van der Waals surface area contributed by atoms with Crippen LogP contribution in [0.1, 0.15) is 24.0 Å². The number of ether oxygens (including phenoxy) is 2. The Hall–Kier alpha value is -2.96. The predicted octanol–water partition coefficient (Wildman–Crippen LogP) is 4.46. The SMILES string of the molecule is COc1ccc(Nc2ncc(Cl)c(Nc3ccccc3S(=O)(=O)N(C)C)n2)c2c1CCCC(N1CCOCC1)C2. The van der Waals surface area contributed by atoms with Gasteiger partial charge in [-0.05, 0) is 61.1 Å². The first-order chi connectivity index (χ1) is 19.3. The summed E-state index contributed by atoms with van der Waals surface area (Å²) in [6.07, 6.45) is 5.50. The highest BCUT2D eigenvalue weighted by Gasteiger charge is 2.28. The third kappa shape index (κ3) is 6.03. The highest BCUT2D eigenvalue weighted by molar-refractivity contribution is 7.89. The lowest BCUT2D eigenvalue weighted by Gasteiger charge is -2.34. The molecule has 1 aromatic heterocycles. The number of para-hydroxylation sites is 1. The number of nitrogens with one attached hydrogen (secondary N) is 2. The topological polar surface area (TPSA) is 109 Å². The highest BCUT2D eigenvalue weighted by atomic mass is 35.5. The summed E-state index contributed by atoms with van der Waals surface area (Å²) in [5, 5.41) is 6.77. The van der Waals surface area contributed by atoms with Crippen LogP contribution in [0.15, 0.2) is 47.5 Å². The van der Waals surface area contributed by atoms with Gasteiger partial charge < -0.3 is 20.1 Å². The summed E-state index contributed by atoms with van der Waals surface area (Å²) < 4.78 is 38.3. The number of aromatic nitrogens is 2. The Morgan fingerprint density at radius 3 is 2.60 bits per heavy atom. The van der Waals surface area contributed by atoms with Crippen LogP contribution in [0.3, 0.4) is 0 Å². The van der Waals surface area contributed by atoms with Crippen molar-refractivity contribution in [3.8, 4) is 5.75 Å². The number of sulfonamides is 1. The van der Waals surface area contributed by atoms with Crippen molar-refractivity contribution in [2.75, 3.05) is 58.1 Å². The normalized spacial score (nSPS) is 18.2. The highest BCUT2D eigenvalue weighted by Crippen LogP contribution is 2.37. The van der Waals surface area contributed by atoms with Crippen LogP contribution < -0.4 is 15.4 Å². The summed E-state index contributed by atoms with van der Waals surface area (Å²) in [7, 11) is 1.01. The van der Waals surface area contributed by atoms with Crippen LogP contribution in [0.25, 0.3) is 0 Å². The standard InChI is InChI=1S/C28H35ClN6O4S/c1-34(2)40(36,37)26-10-5-4-9-24(26)31-27-22(29)18-30-28(33-27)32-23-11-12-25(38-3)20-8-6-7-19(17-21(20)23)35-13-15-39-16-14-35/h4-5,9-12,18-19H,6-8,13-17H2,1-3H3,(H2,30,31,32,33). The zero-order chi connectivity index (χ0) is 28.3. The molecule has 1 atom stereocenters. The van der Waals surface area contributed by atoms with Gasteiger partial charge in [0, 0.05) is 38.9 Å². The van der Waals surface area contributed by atoms with Crippen LogP contribution in [0.5, 0.6) is 5.75 Å². The maximum atomic E-state index is 12.9. The Balaban J connectivity index is 1.45. The minimum atomic E-state index is -3.69. The number of benzene rings is 2. The van der Waals surface area contributed by atoms with Gasteiger partial charge in [0.05, 0.1) is 32.2 Å². The Labute approximate surface area is 240 Å². The molecule has 1 saturated heterocycles. The van der Waals surface area contributed by atoms with Crippen molar-refractivity contribution >= 4 is 44.8 Å². The molecule has 0 bridgehead atoms. The lowest BCUT2D eigenvalue weighted by molar-refractivity contribution is 0.0150. The Morgan fingerprint density at radius 2 is 1.85 bits per heavy atom. The molecular weight excluding hydrogens is 552 g/mol. The average Bonchev–Trinajstić information content (AvgIpc) is 3.19. The minimum Gasteiger partial charge on any atom is -0.496 e. The molecule has 1 aliphatic heterocycles. The van der Waals surface area contributed by atoms with E-state index in [0.29, 0.717) is 23.5 Å². The summed E-state index contributed by atoms with van der Waals surface area (Å²) in [5.74, 6) is 1.53. The maximum absolute atomic E-state index is 12.9. The minimum absolute atomic E-state index is 0.124. The van der Waals surface area contributed by atoms with E-state index in [9.17, 15) is 8.42 Å². The maximum Gasteiger partial charge on any atom is 0.244 e. The molecule has 5 rings (SSSR count). The van der Waals surface area contributed by atoms with E-state index in [1.54, 1.807) is 31.4 Å². The summed E-state index contributed by atoms with van der Waals surface area (Å²) >= 11 is 6.45. The number of hydrogen-bond donors (Lipinski definition) is 2. The van der Waals surface area contributed by atoms with Crippen molar-refractivity contribution < 1.29 is 17.9 Å². The monoisotopic (exact) mass is 586 g/mol. The molecule has 0 saturated carbocycles. The van der Waals surface area contributed by atoms with E-state index in [0.717, 1.165) is 63.4 Å². The number of fused-ring (bicyclic) bond motifs is 1. The van der Waals surface area contributed by atoms with E-state index in [-0.39, 0.29) is 9.92 Å². The first kappa shape index (κ1) is 28.6. The van der Waals surface area contributed by atoms with Gasteiger partial charge in [0.15, 0.2) is 5.82 Å². The molecule has 2 aromatic carbocycles. The zero-order valence-corrected chi connectivity index (χ0v) is 24.6. The summed E-state index contributed by atoms with van der Waals surface area (Å²) in [6, 6.07) is 11.0. The van der Waals surface area contributed by atoms with Crippen molar-refractivity contribution in [3.63, 3.8) is 0 Å². The van der Waals surface area contributed by atoms with Crippen LogP contribution in [0, 0.1) is 0 Å². The molecule has 10 nitrogen and oxygen atoms in total. The van der Waals surface area contributed by atoms with Crippen molar-refractivity contribution in [2.45, 2.75) is 36.6 Å². The van der Waals surface area contributed by atoms with Gasteiger partial charge in [-0.3, -0.25) is 4.90 Å². The number of anilines is 4. The molecular formula is C28H35ClN6O4S. The van der Waals surface area contributed by atoms with Gasteiger partial charge in [0.2, 0.25) is 16.0 Å². The number of nitrogens with zero attached hydrogens (tertiary/aromatic N) is 4. The van der Waals surface area contributed by atoms with Gasteiger partial charge in [0.1, 0.15) is 15.7 Å². The zero-order valence-electron chi connectivity index (χ0n) is 23.0. The van der Waals surface area contributed by atoms with Crippen LogP contribution in [0.2, 0.25) is 5.02 Å². The largest absolute Gasteiger partial charge is 0.496 e. The molecule has 0 spiro atoms. The molecule has 0 amide bonds. The van der Waals surface area contributed by atoms with Crippen LogP contribution in [-0.4, -0.2) is 81.1 Å². The predicted molar refractivity (Wildman–Crippen MR) is 157 cm³/mol. The lowest BCUT2D eigenvalue weighted by Crippen LogP contribution is -2.44. The van der Waals surface area contributed by atoms with E-state index in [1.165, 1.54) is 35.7 Å². The van der Waals surface area contributed by atoms with E-state index >= 15 is 0 Å². The number of hydrogen-bond acceptors (Lipinski definition) is 9. The first-order valence-corrected chi connectivity index (χ1v) is 15.2. The van der Waals surface area contributed by atoms with Gasteiger partial charge in [-0.15, -0.1) is 0 Å². The van der Waals surface area contributed by atoms with Crippen molar-refractivity contribution in [1.82, 2.24) is 19.2 Å². The van der Waals surface area contributed by atoms with Crippen molar-refractivity contribution in [3.05, 3.63) is 58.7 Å². The third-order valence-corrected chi connectivity index (χ3v) is 9.61. The number of methoxy groups -OCH3 is 1. The second-order valence-electron chi connectivity index (χ2n) is 10.1. The Bertz CT molecular complexity index is 1460. The third-order valence-electron chi connectivity index (χ3n) is 7.46. The molecule has 214 valence electrons. The smallest absolute Gasteiger partial charge is 0.244 e. The number of morpholine rings is 1. The fourth-order valence-corrected chi connectivity index (χ4v) is 6.53. The van der Waals surface area contributed by atoms with Gasteiger partial charge in [0.25, 0.3) is 0 Å². The fraction of sp³-hybridized carbons (Fsp3) is 0.429. The molecule has 1 aliphatic carbocycles. The van der Waals surface area contributed by atoms with E-state index in [1.807, 2.05) is 12.1 Å². The first-order valence-electron chi connectivity index (χ1n) is 13.4. The van der Waals surface area contributed by atoms with Gasteiger partial charge in [-0.25, -0.2) is 17.7 Å². The van der Waals surface area contributed by atoms with E-state index < -0.39 is 10.0 Å². The van der Waals surface area contributed by atoms with Gasteiger partial charge in [-0.2, -0.15) is 4.98 Å². The molecule has 40 heavy (non-hydrogen) atoms. The quantitative estimate of drug-likeness (QED) is 0.370. The number of rotatable bonds is 8. The molecule has 2 N–H and O–H groups in total. The van der Waals surface area contributed by atoms with Crippen LogP contribution in [0.4, 0.5) is 23.1 Å². The van der Waals surface area contributed by atoms with Crippen molar-refractivity contribution in [2.24, 2.45) is 0 Å². The number of halogens is 1. The Morgan fingerprint density at radius 1 is 1.07 bits per heavy atom. The van der Waals surface area contributed by atoms with Crippen LogP contribution in [-0.2, 0) is 27.6 Å². The summed E-state index contributed by atoms with van der Waals surface area (Å²) in [4.78, 5) is 11.7. The second kappa shape index (κ2) is 12.3. The molecule has 12 heteroatoms. The summed E-state index contributed by atoms with van der Waals surface area (Å²) in [5.41, 5.74) is 3.69. The molecule has 1 fully saturated rings. The molecule has 0 radical (unpaired) electrons.